The van der Waals surface area contributed by atoms with Gasteiger partial charge in [0.25, 0.3) is 17.1 Å². The molecule has 1 aliphatic rings. The summed E-state index contributed by atoms with van der Waals surface area (Å²) in [6.07, 6.45) is 1.70. The first-order valence-electron chi connectivity index (χ1n) is 9.89. The molecule has 7 heteroatoms. The van der Waals surface area contributed by atoms with Crippen LogP contribution in [0.25, 0.3) is 17.0 Å². The third-order valence-corrected chi connectivity index (χ3v) is 5.91. The maximum Gasteiger partial charge on any atom is 0.293 e. The molecular formula is C24H21N3O3S. The molecule has 2 aromatic carbocycles. The zero-order chi connectivity index (χ0) is 22.0. The number of nitrogens with zero attached hydrogens (tertiary/aromatic N) is 2. The second-order valence-electron chi connectivity index (χ2n) is 7.32. The molecule has 4 rings (SSSR count). The number of hydrogen-bond acceptors (Lipinski definition) is 5. The van der Waals surface area contributed by atoms with Crippen LogP contribution in [0.4, 0.5) is 4.79 Å². The lowest BCUT2D eigenvalue weighted by Gasteiger charge is -2.14. The lowest BCUT2D eigenvalue weighted by Crippen LogP contribution is -2.37. The van der Waals surface area contributed by atoms with E-state index in [4.69, 9.17) is 0 Å². The van der Waals surface area contributed by atoms with Crippen molar-refractivity contribution in [1.82, 2.24) is 15.2 Å². The van der Waals surface area contributed by atoms with Gasteiger partial charge in [-0.05, 0) is 54.9 Å². The number of aryl methyl sites for hydroxylation is 2. The topological polar surface area (TPSA) is 79.4 Å². The minimum Gasteiger partial charge on any atom is -0.350 e. The number of nitrogens with one attached hydrogen (secondary N) is 1. The van der Waals surface area contributed by atoms with Crippen molar-refractivity contribution in [3.8, 4) is 0 Å². The van der Waals surface area contributed by atoms with Crippen molar-refractivity contribution in [3.05, 3.63) is 81.9 Å². The smallest absolute Gasteiger partial charge is 0.293 e. The molecule has 3 aromatic rings. The molecule has 1 aromatic heterocycles. The van der Waals surface area contributed by atoms with Gasteiger partial charge in [-0.3, -0.25) is 24.3 Å². The number of imide groups is 1. The number of carbonyl (C=O) groups excluding carboxylic acids is 3. The van der Waals surface area contributed by atoms with Crippen LogP contribution in [0.5, 0.6) is 0 Å². The van der Waals surface area contributed by atoms with E-state index in [2.05, 4.69) is 10.3 Å². The fourth-order valence-electron chi connectivity index (χ4n) is 3.37. The van der Waals surface area contributed by atoms with Crippen molar-refractivity contribution in [1.29, 1.82) is 0 Å². The molecule has 0 unspecified atom stereocenters. The largest absolute Gasteiger partial charge is 0.350 e. The van der Waals surface area contributed by atoms with Crippen molar-refractivity contribution in [2.75, 3.05) is 13.1 Å². The molecule has 0 spiro atoms. The van der Waals surface area contributed by atoms with Crippen LogP contribution in [-0.2, 0) is 4.79 Å². The molecule has 0 aliphatic carbocycles. The first kappa shape index (κ1) is 20.8. The Labute approximate surface area is 184 Å². The highest BCUT2D eigenvalue weighted by atomic mass is 32.2. The van der Waals surface area contributed by atoms with Gasteiger partial charge in [-0.2, -0.15) is 0 Å². The molecule has 1 fully saturated rings. The van der Waals surface area contributed by atoms with Gasteiger partial charge in [0, 0.05) is 18.5 Å². The second kappa shape index (κ2) is 8.73. The molecule has 3 amide bonds. The Hall–Kier alpha value is -3.45. The predicted molar refractivity (Wildman–Crippen MR) is 123 cm³/mol. The molecule has 0 atom stereocenters. The lowest BCUT2D eigenvalue weighted by atomic mass is 10.1. The van der Waals surface area contributed by atoms with Gasteiger partial charge in [0.1, 0.15) is 0 Å². The Morgan fingerprint density at radius 1 is 1.10 bits per heavy atom. The summed E-state index contributed by atoms with van der Waals surface area (Å²) in [5, 5.41) is 3.35. The number of aromatic nitrogens is 1. The summed E-state index contributed by atoms with van der Waals surface area (Å²) in [6, 6.07) is 17.1. The van der Waals surface area contributed by atoms with Gasteiger partial charge >= 0.3 is 0 Å². The summed E-state index contributed by atoms with van der Waals surface area (Å²) in [4.78, 5) is 43.6. The number of thioether (sulfide) groups is 1. The maximum absolute atomic E-state index is 12.7. The maximum atomic E-state index is 12.7. The lowest BCUT2D eigenvalue weighted by molar-refractivity contribution is -0.122. The first-order chi connectivity index (χ1) is 14.9. The number of benzene rings is 2. The molecule has 1 N–H and O–H groups in total. The van der Waals surface area contributed by atoms with Crippen LogP contribution >= 0.6 is 11.8 Å². The summed E-state index contributed by atoms with van der Waals surface area (Å²) in [6.45, 7) is 4.07. The highest BCUT2D eigenvalue weighted by Gasteiger charge is 2.34. The molecule has 156 valence electrons. The molecule has 31 heavy (non-hydrogen) atoms. The van der Waals surface area contributed by atoms with Crippen LogP contribution in [0.1, 0.15) is 27.2 Å². The minimum atomic E-state index is -0.341. The Bertz CT molecular complexity index is 1220. The third kappa shape index (κ3) is 4.51. The summed E-state index contributed by atoms with van der Waals surface area (Å²) in [5.41, 5.74) is 3.92. The summed E-state index contributed by atoms with van der Waals surface area (Å²) >= 11 is 0.913. The second-order valence-corrected chi connectivity index (χ2v) is 8.31. The number of carbonyl (C=O) groups is 3. The van der Waals surface area contributed by atoms with E-state index in [0.29, 0.717) is 16.2 Å². The van der Waals surface area contributed by atoms with E-state index in [9.17, 15) is 14.4 Å². The van der Waals surface area contributed by atoms with Gasteiger partial charge in [0.05, 0.1) is 21.7 Å². The Morgan fingerprint density at radius 2 is 1.87 bits per heavy atom. The number of hydrogen-bond donors (Lipinski definition) is 1. The monoisotopic (exact) mass is 431 g/mol. The van der Waals surface area contributed by atoms with Crippen molar-refractivity contribution >= 4 is 45.8 Å². The number of rotatable bonds is 5. The SMILES string of the molecule is Cc1ccc2cc(C(=O)NCCN3C(=O)S/C(=C\c4ccccc4)C3=O)c(C)nc2c1. The van der Waals surface area contributed by atoms with E-state index < -0.39 is 0 Å². The fourth-order valence-corrected chi connectivity index (χ4v) is 4.24. The average Bonchev–Trinajstić information content (AvgIpc) is 3.01. The summed E-state index contributed by atoms with van der Waals surface area (Å²) in [7, 11) is 0. The molecule has 0 radical (unpaired) electrons. The Balaban J connectivity index is 1.40. The van der Waals surface area contributed by atoms with Gasteiger partial charge < -0.3 is 5.32 Å². The van der Waals surface area contributed by atoms with Crippen molar-refractivity contribution in [2.45, 2.75) is 13.8 Å². The van der Waals surface area contributed by atoms with Crippen LogP contribution in [0.3, 0.4) is 0 Å². The summed E-state index contributed by atoms with van der Waals surface area (Å²) < 4.78 is 0. The van der Waals surface area contributed by atoms with Crippen LogP contribution in [0, 0.1) is 13.8 Å². The van der Waals surface area contributed by atoms with E-state index >= 15 is 0 Å². The van der Waals surface area contributed by atoms with Crippen LogP contribution < -0.4 is 5.32 Å². The first-order valence-corrected chi connectivity index (χ1v) is 10.7. The average molecular weight is 432 g/mol. The van der Waals surface area contributed by atoms with Crippen molar-refractivity contribution in [3.63, 3.8) is 0 Å². The zero-order valence-electron chi connectivity index (χ0n) is 17.2. The van der Waals surface area contributed by atoms with E-state index in [0.717, 1.165) is 38.7 Å². The molecule has 0 bridgehead atoms. The Kier molecular flexibility index (Phi) is 5.86. The van der Waals surface area contributed by atoms with Gasteiger partial charge in [0.15, 0.2) is 0 Å². The normalized spacial score (nSPS) is 15.2. The number of amides is 3. The van der Waals surface area contributed by atoms with Gasteiger partial charge in [-0.15, -0.1) is 0 Å². The van der Waals surface area contributed by atoms with Crippen LogP contribution in [0.2, 0.25) is 0 Å². The van der Waals surface area contributed by atoms with Gasteiger partial charge in [0.2, 0.25) is 0 Å². The summed E-state index contributed by atoms with van der Waals surface area (Å²) in [5.74, 6) is -0.619. The molecule has 0 saturated carbocycles. The van der Waals surface area contributed by atoms with Crippen LogP contribution in [0.15, 0.2) is 59.5 Å². The van der Waals surface area contributed by atoms with E-state index in [1.807, 2.05) is 61.5 Å². The van der Waals surface area contributed by atoms with Crippen molar-refractivity contribution < 1.29 is 14.4 Å². The molecule has 1 aliphatic heterocycles. The fraction of sp³-hybridized carbons (Fsp3) is 0.167. The highest BCUT2D eigenvalue weighted by Crippen LogP contribution is 2.31. The quantitative estimate of drug-likeness (QED) is 0.609. The van der Waals surface area contributed by atoms with Crippen molar-refractivity contribution in [2.24, 2.45) is 0 Å². The van der Waals surface area contributed by atoms with E-state index in [-0.39, 0.29) is 30.1 Å². The molecular weight excluding hydrogens is 410 g/mol. The number of fused-ring (bicyclic) bond motifs is 1. The zero-order valence-corrected chi connectivity index (χ0v) is 18.0. The standard InChI is InChI=1S/C24H21N3O3S/c1-15-8-9-18-14-19(16(2)26-20(18)12-15)22(28)25-10-11-27-23(29)21(31-24(27)30)13-17-6-4-3-5-7-17/h3-9,12-14H,10-11H2,1-2H3,(H,25,28)/b21-13-. The number of pyridine rings is 1. The molecule has 2 heterocycles. The Morgan fingerprint density at radius 3 is 2.65 bits per heavy atom. The van der Waals surface area contributed by atoms with Crippen LogP contribution in [-0.4, -0.2) is 40.0 Å². The van der Waals surface area contributed by atoms with E-state index in [1.54, 1.807) is 13.0 Å². The van der Waals surface area contributed by atoms with Gasteiger partial charge in [-0.25, -0.2) is 0 Å². The van der Waals surface area contributed by atoms with Gasteiger partial charge in [-0.1, -0.05) is 42.5 Å². The molecule has 6 nitrogen and oxygen atoms in total. The minimum absolute atomic E-state index is 0.113. The molecule has 1 saturated heterocycles. The predicted octanol–water partition coefficient (Wildman–Crippen LogP) is 4.32. The van der Waals surface area contributed by atoms with E-state index in [1.165, 1.54) is 0 Å². The highest BCUT2D eigenvalue weighted by molar-refractivity contribution is 8.18. The third-order valence-electron chi connectivity index (χ3n) is 5.00.